The molecular weight excluding hydrogens is 310 g/mol. The summed E-state index contributed by atoms with van der Waals surface area (Å²) in [4.78, 5) is 4.62. The Hall–Kier alpha value is -2.46. The van der Waals surface area contributed by atoms with Crippen molar-refractivity contribution in [1.82, 2.24) is 15.5 Å². The monoisotopic (exact) mass is 333 g/mol. The summed E-state index contributed by atoms with van der Waals surface area (Å²) in [6, 6.07) is 17.3. The number of hydrogen-bond donors (Lipinski definition) is 1. The Kier molecular flexibility index (Phi) is 4.61. The van der Waals surface area contributed by atoms with Crippen LogP contribution in [0.15, 0.2) is 53.1 Å². The van der Waals surface area contributed by atoms with Crippen LogP contribution in [0.1, 0.15) is 37.3 Å². The maximum Gasteiger partial charge on any atom is 0.258 e. The Balaban J connectivity index is 1.55. The first-order valence-corrected chi connectivity index (χ1v) is 9.08. The van der Waals surface area contributed by atoms with Crippen molar-refractivity contribution in [3.63, 3.8) is 0 Å². The molecule has 0 unspecified atom stereocenters. The molecule has 0 amide bonds. The van der Waals surface area contributed by atoms with Crippen LogP contribution < -0.4 is 5.32 Å². The summed E-state index contributed by atoms with van der Waals surface area (Å²) in [5.74, 6) is 1.23. The van der Waals surface area contributed by atoms with E-state index < -0.39 is 0 Å². The summed E-state index contributed by atoms with van der Waals surface area (Å²) in [5.41, 5.74) is 4.49. The fraction of sp³-hybridized carbons (Fsp3) is 0.333. The van der Waals surface area contributed by atoms with E-state index in [0.717, 1.165) is 24.1 Å². The highest BCUT2D eigenvalue weighted by molar-refractivity contribution is 5.62. The number of nitrogens with one attached hydrogen (secondary N) is 1. The van der Waals surface area contributed by atoms with Crippen molar-refractivity contribution in [2.45, 2.75) is 45.2 Å². The van der Waals surface area contributed by atoms with Gasteiger partial charge >= 0.3 is 0 Å². The van der Waals surface area contributed by atoms with Crippen molar-refractivity contribution < 1.29 is 4.52 Å². The van der Waals surface area contributed by atoms with E-state index in [1.165, 1.54) is 30.4 Å². The summed E-state index contributed by atoms with van der Waals surface area (Å²) in [6.45, 7) is 3.02. The third-order valence-corrected chi connectivity index (χ3v) is 4.94. The summed E-state index contributed by atoms with van der Waals surface area (Å²) in [7, 11) is 0. The molecule has 1 fully saturated rings. The summed E-state index contributed by atoms with van der Waals surface area (Å²) < 4.78 is 5.54. The Morgan fingerprint density at radius 2 is 2.00 bits per heavy atom. The lowest BCUT2D eigenvalue weighted by atomic mass is 9.93. The lowest BCUT2D eigenvalue weighted by Gasteiger charge is -2.26. The van der Waals surface area contributed by atoms with Crippen LogP contribution in [0.3, 0.4) is 0 Å². The average molecular weight is 333 g/mol. The van der Waals surface area contributed by atoms with E-state index in [4.69, 9.17) is 4.52 Å². The smallest absolute Gasteiger partial charge is 0.258 e. The van der Waals surface area contributed by atoms with Crippen LogP contribution in [-0.2, 0) is 13.0 Å². The van der Waals surface area contributed by atoms with E-state index in [-0.39, 0.29) is 0 Å². The third kappa shape index (κ3) is 3.49. The molecule has 1 heterocycles. The predicted molar refractivity (Wildman–Crippen MR) is 99.0 cm³/mol. The SMILES string of the molecule is CCc1ccccc1-c1nc(-c2cccc(CNC3CCC3)c2)no1. The summed E-state index contributed by atoms with van der Waals surface area (Å²) >= 11 is 0. The zero-order chi connectivity index (χ0) is 17.1. The number of nitrogens with zero attached hydrogens (tertiary/aromatic N) is 2. The topological polar surface area (TPSA) is 51.0 Å². The predicted octanol–water partition coefficient (Wildman–Crippen LogP) is 4.61. The van der Waals surface area contributed by atoms with Crippen LogP contribution in [0, 0.1) is 0 Å². The Bertz CT molecular complexity index is 852. The van der Waals surface area contributed by atoms with Gasteiger partial charge in [0.05, 0.1) is 0 Å². The van der Waals surface area contributed by atoms with Crippen LogP contribution in [0.2, 0.25) is 0 Å². The van der Waals surface area contributed by atoms with Gasteiger partial charge in [-0.15, -0.1) is 0 Å². The second kappa shape index (κ2) is 7.19. The Morgan fingerprint density at radius 3 is 2.80 bits per heavy atom. The normalized spacial score (nSPS) is 14.4. The van der Waals surface area contributed by atoms with Crippen LogP contribution in [0.5, 0.6) is 0 Å². The fourth-order valence-corrected chi connectivity index (χ4v) is 3.18. The molecule has 0 spiro atoms. The Morgan fingerprint density at radius 1 is 1.12 bits per heavy atom. The third-order valence-electron chi connectivity index (χ3n) is 4.94. The van der Waals surface area contributed by atoms with Gasteiger partial charge in [0.1, 0.15) is 0 Å². The number of aromatic nitrogens is 2. The van der Waals surface area contributed by atoms with Gasteiger partial charge in [-0.1, -0.05) is 54.9 Å². The molecule has 2 aromatic carbocycles. The van der Waals surface area contributed by atoms with Crippen molar-refractivity contribution in [1.29, 1.82) is 0 Å². The minimum absolute atomic E-state index is 0.588. The number of aryl methyl sites for hydroxylation is 1. The standard InChI is InChI=1S/C21H23N3O/c1-2-16-8-3-4-12-19(16)21-23-20(24-25-21)17-9-5-7-15(13-17)14-22-18-10-6-11-18/h3-5,7-9,12-13,18,22H,2,6,10-11,14H2,1H3. The zero-order valence-electron chi connectivity index (χ0n) is 14.5. The van der Waals surface area contributed by atoms with E-state index in [9.17, 15) is 0 Å². The molecule has 3 aromatic rings. The molecule has 1 aliphatic rings. The van der Waals surface area contributed by atoms with Gasteiger partial charge in [-0.3, -0.25) is 0 Å². The largest absolute Gasteiger partial charge is 0.334 e. The molecular formula is C21H23N3O. The molecule has 4 rings (SSSR count). The van der Waals surface area contributed by atoms with E-state index in [0.29, 0.717) is 17.8 Å². The maximum absolute atomic E-state index is 5.54. The second-order valence-corrected chi connectivity index (χ2v) is 6.64. The van der Waals surface area contributed by atoms with Crippen LogP contribution in [0.4, 0.5) is 0 Å². The molecule has 4 nitrogen and oxygen atoms in total. The van der Waals surface area contributed by atoms with Crippen molar-refractivity contribution >= 4 is 0 Å². The molecule has 1 aromatic heterocycles. The molecule has 4 heteroatoms. The van der Waals surface area contributed by atoms with Crippen LogP contribution >= 0.6 is 0 Å². The second-order valence-electron chi connectivity index (χ2n) is 6.64. The number of rotatable bonds is 6. The van der Waals surface area contributed by atoms with Crippen molar-refractivity contribution in [2.75, 3.05) is 0 Å². The van der Waals surface area contributed by atoms with Gasteiger partial charge < -0.3 is 9.84 Å². The van der Waals surface area contributed by atoms with Gasteiger partial charge in [-0.25, -0.2) is 0 Å². The molecule has 1 aliphatic carbocycles. The highest BCUT2D eigenvalue weighted by atomic mass is 16.5. The Labute approximate surface area is 148 Å². The highest BCUT2D eigenvalue weighted by Crippen LogP contribution is 2.26. The molecule has 25 heavy (non-hydrogen) atoms. The van der Waals surface area contributed by atoms with Crippen molar-refractivity contribution in [3.05, 3.63) is 59.7 Å². The molecule has 1 N–H and O–H groups in total. The molecule has 0 aliphatic heterocycles. The molecule has 0 radical (unpaired) electrons. The minimum atomic E-state index is 0.588. The highest BCUT2D eigenvalue weighted by Gasteiger charge is 2.17. The van der Waals surface area contributed by atoms with E-state index in [1.54, 1.807) is 0 Å². The van der Waals surface area contributed by atoms with Crippen LogP contribution in [-0.4, -0.2) is 16.2 Å². The molecule has 0 atom stereocenters. The van der Waals surface area contributed by atoms with Gasteiger partial charge in [-0.2, -0.15) is 4.98 Å². The van der Waals surface area contributed by atoms with Gasteiger partial charge in [0, 0.05) is 23.7 Å². The minimum Gasteiger partial charge on any atom is -0.334 e. The van der Waals surface area contributed by atoms with Crippen molar-refractivity contribution in [2.24, 2.45) is 0 Å². The van der Waals surface area contributed by atoms with E-state index in [2.05, 4.69) is 46.6 Å². The average Bonchev–Trinajstić information content (AvgIpc) is 3.10. The molecule has 128 valence electrons. The van der Waals surface area contributed by atoms with Gasteiger partial charge in [0.25, 0.3) is 5.89 Å². The van der Waals surface area contributed by atoms with E-state index >= 15 is 0 Å². The van der Waals surface area contributed by atoms with Crippen LogP contribution in [0.25, 0.3) is 22.8 Å². The molecule has 0 saturated heterocycles. The number of hydrogen-bond acceptors (Lipinski definition) is 4. The lowest BCUT2D eigenvalue weighted by Crippen LogP contribution is -2.34. The van der Waals surface area contributed by atoms with Gasteiger partial charge in [0.2, 0.25) is 5.82 Å². The van der Waals surface area contributed by atoms with Crippen molar-refractivity contribution in [3.8, 4) is 22.8 Å². The fourth-order valence-electron chi connectivity index (χ4n) is 3.18. The van der Waals surface area contributed by atoms with E-state index in [1.807, 2.05) is 24.3 Å². The van der Waals surface area contributed by atoms with Gasteiger partial charge in [0.15, 0.2) is 0 Å². The summed E-state index contributed by atoms with van der Waals surface area (Å²) in [6.07, 6.45) is 4.88. The first-order valence-electron chi connectivity index (χ1n) is 9.08. The molecule has 0 bridgehead atoms. The first-order chi connectivity index (χ1) is 12.3. The lowest BCUT2D eigenvalue weighted by molar-refractivity contribution is 0.338. The first kappa shape index (κ1) is 16.0. The summed E-state index contributed by atoms with van der Waals surface area (Å²) in [5, 5.41) is 7.79. The zero-order valence-corrected chi connectivity index (χ0v) is 14.5. The van der Waals surface area contributed by atoms with Gasteiger partial charge in [-0.05, 0) is 42.5 Å². The number of benzene rings is 2. The maximum atomic E-state index is 5.54. The quantitative estimate of drug-likeness (QED) is 0.716. The molecule has 1 saturated carbocycles.